The van der Waals surface area contributed by atoms with E-state index >= 15 is 0 Å². The SMILES string of the molecule is CN1C(=O)Cc2ccc(-c3ccc(CC(C#N)NC(=O)C45CCC(CN4C(=O)OC(C)(C)C)C5)cc3)cc21. The van der Waals surface area contributed by atoms with E-state index in [-0.39, 0.29) is 17.7 Å². The minimum absolute atomic E-state index is 0.0941. The highest BCUT2D eigenvalue weighted by molar-refractivity contribution is 6.01. The maximum Gasteiger partial charge on any atom is 0.411 e. The summed E-state index contributed by atoms with van der Waals surface area (Å²) in [4.78, 5) is 41.7. The zero-order chi connectivity index (χ0) is 27.2. The molecule has 3 unspecified atom stereocenters. The summed E-state index contributed by atoms with van der Waals surface area (Å²) in [7, 11) is 1.79. The van der Waals surface area contributed by atoms with Crippen LogP contribution >= 0.6 is 0 Å². The second-order valence-electron chi connectivity index (χ2n) is 11.8. The lowest BCUT2D eigenvalue weighted by molar-refractivity contribution is -0.132. The lowest BCUT2D eigenvalue weighted by Crippen LogP contribution is -2.59. The van der Waals surface area contributed by atoms with Gasteiger partial charge in [-0.3, -0.25) is 14.5 Å². The molecule has 5 rings (SSSR count). The van der Waals surface area contributed by atoms with Gasteiger partial charge in [0.25, 0.3) is 0 Å². The van der Waals surface area contributed by atoms with Crippen LogP contribution in [0.1, 0.15) is 51.2 Å². The van der Waals surface area contributed by atoms with Crippen molar-refractivity contribution >= 4 is 23.6 Å². The van der Waals surface area contributed by atoms with Crippen molar-refractivity contribution in [3.05, 3.63) is 53.6 Å². The Kier molecular flexibility index (Phi) is 6.42. The molecule has 1 aliphatic carbocycles. The molecule has 38 heavy (non-hydrogen) atoms. The molecule has 0 spiro atoms. The van der Waals surface area contributed by atoms with E-state index in [1.165, 1.54) is 0 Å². The van der Waals surface area contributed by atoms with Crippen molar-refractivity contribution in [1.82, 2.24) is 10.2 Å². The lowest BCUT2D eigenvalue weighted by Gasteiger charge is -2.38. The van der Waals surface area contributed by atoms with Gasteiger partial charge in [-0.15, -0.1) is 0 Å². The molecule has 1 N–H and O–H groups in total. The number of nitrogens with one attached hydrogen (secondary N) is 1. The van der Waals surface area contributed by atoms with E-state index in [1.807, 2.05) is 63.2 Å². The Morgan fingerprint density at radius 2 is 1.89 bits per heavy atom. The molecule has 0 aromatic heterocycles. The predicted molar refractivity (Wildman–Crippen MR) is 143 cm³/mol. The fourth-order valence-electron chi connectivity index (χ4n) is 5.97. The zero-order valence-corrected chi connectivity index (χ0v) is 22.4. The van der Waals surface area contributed by atoms with Crippen LogP contribution in [0.25, 0.3) is 11.1 Å². The summed E-state index contributed by atoms with van der Waals surface area (Å²) >= 11 is 0. The maximum atomic E-state index is 13.5. The Bertz CT molecular complexity index is 1320. The van der Waals surface area contributed by atoms with Crippen LogP contribution in [0.4, 0.5) is 10.5 Å². The number of likely N-dealkylation sites (N-methyl/N-ethyl adjacent to an activating group) is 1. The molecule has 1 saturated carbocycles. The first-order valence-corrected chi connectivity index (χ1v) is 13.2. The van der Waals surface area contributed by atoms with Crippen molar-refractivity contribution < 1.29 is 19.1 Å². The summed E-state index contributed by atoms with van der Waals surface area (Å²) in [6.45, 7) is 5.94. The van der Waals surface area contributed by atoms with Gasteiger partial charge in [0.15, 0.2) is 0 Å². The minimum atomic E-state index is -0.950. The molecule has 8 nitrogen and oxygen atoms in total. The van der Waals surface area contributed by atoms with Crippen LogP contribution in [-0.4, -0.2) is 53.6 Å². The summed E-state index contributed by atoms with van der Waals surface area (Å²) in [5, 5.41) is 12.8. The maximum absolute atomic E-state index is 13.5. The Hall–Kier alpha value is -3.86. The number of hydrogen-bond acceptors (Lipinski definition) is 5. The molecule has 1 saturated heterocycles. The number of hydrogen-bond donors (Lipinski definition) is 1. The van der Waals surface area contributed by atoms with Gasteiger partial charge in [0, 0.05) is 25.7 Å². The van der Waals surface area contributed by atoms with E-state index in [2.05, 4.69) is 11.4 Å². The Morgan fingerprint density at radius 1 is 1.18 bits per heavy atom. The quantitative estimate of drug-likeness (QED) is 0.644. The molecular formula is C30H34N4O4. The number of piperidine rings is 1. The van der Waals surface area contributed by atoms with Crippen LogP contribution in [0.15, 0.2) is 42.5 Å². The first-order valence-electron chi connectivity index (χ1n) is 13.2. The summed E-state index contributed by atoms with van der Waals surface area (Å²) in [6.07, 6.45) is 2.39. The van der Waals surface area contributed by atoms with E-state index in [1.54, 1.807) is 16.8 Å². The monoisotopic (exact) mass is 514 g/mol. The number of anilines is 1. The molecule has 2 aromatic carbocycles. The number of fused-ring (bicyclic) bond motifs is 3. The molecule has 2 heterocycles. The first-order chi connectivity index (χ1) is 18.0. The van der Waals surface area contributed by atoms with Crippen molar-refractivity contribution in [2.75, 3.05) is 18.5 Å². The minimum Gasteiger partial charge on any atom is -0.444 e. The van der Waals surface area contributed by atoms with Crippen LogP contribution in [0.2, 0.25) is 0 Å². The van der Waals surface area contributed by atoms with Gasteiger partial charge in [-0.1, -0.05) is 36.4 Å². The van der Waals surface area contributed by atoms with Gasteiger partial charge in [-0.25, -0.2) is 4.79 Å². The summed E-state index contributed by atoms with van der Waals surface area (Å²) in [5.41, 5.74) is 3.32. The number of rotatable bonds is 5. The highest BCUT2D eigenvalue weighted by Crippen LogP contribution is 2.47. The van der Waals surface area contributed by atoms with Crippen molar-refractivity contribution in [2.24, 2.45) is 5.92 Å². The molecule has 0 radical (unpaired) electrons. The Morgan fingerprint density at radius 3 is 2.55 bits per heavy atom. The molecule has 3 aliphatic rings. The van der Waals surface area contributed by atoms with E-state index in [9.17, 15) is 19.6 Å². The van der Waals surface area contributed by atoms with Crippen molar-refractivity contribution in [1.29, 1.82) is 5.26 Å². The van der Waals surface area contributed by atoms with E-state index in [0.29, 0.717) is 32.2 Å². The fraction of sp³-hybridized carbons (Fsp3) is 0.467. The average Bonchev–Trinajstić information content (AvgIpc) is 3.55. The molecule has 198 valence electrons. The first kappa shape index (κ1) is 25.8. The molecule has 8 heteroatoms. The number of carbonyl (C=O) groups excluding carboxylic acids is 3. The van der Waals surface area contributed by atoms with Gasteiger partial charge in [0.05, 0.1) is 12.5 Å². The third-order valence-electron chi connectivity index (χ3n) is 7.94. The van der Waals surface area contributed by atoms with Crippen LogP contribution < -0.4 is 10.2 Å². The molecule has 3 atom stereocenters. The second-order valence-corrected chi connectivity index (χ2v) is 11.8. The number of benzene rings is 2. The van der Waals surface area contributed by atoms with Crippen molar-refractivity contribution in [3.8, 4) is 17.2 Å². The number of ether oxygens (including phenoxy) is 1. The van der Waals surface area contributed by atoms with Gasteiger partial charge in [0.2, 0.25) is 11.8 Å². The van der Waals surface area contributed by atoms with Gasteiger partial charge < -0.3 is 15.0 Å². The highest BCUT2D eigenvalue weighted by atomic mass is 16.6. The number of nitrogens with zero attached hydrogens (tertiary/aromatic N) is 3. The topological polar surface area (TPSA) is 103 Å². The lowest BCUT2D eigenvalue weighted by atomic mass is 9.94. The third-order valence-corrected chi connectivity index (χ3v) is 7.94. The van der Waals surface area contributed by atoms with E-state index in [4.69, 9.17) is 4.74 Å². The summed E-state index contributed by atoms with van der Waals surface area (Å²) < 4.78 is 5.58. The summed E-state index contributed by atoms with van der Waals surface area (Å²) in [5.74, 6) is 0.0957. The molecule has 2 aromatic rings. The molecule has 2 aliphatic heterocycles. The standard InChI is InChI=1S/C30H34N4O4/c1-29(2,3)38-28(37)34-18-20-11-12-30(34,16-20)27(36)32-24(17-31)13-19-5-7-21(8-6-19)22-9-10-23-15-26(35)33(4)25(23)14-22/h5-10,14,20,24H,11-13,15-16,18H2,1-4H3,(H,32,36). The molecular weight excluding hydrogens is 480 g/mol. The van der Waals surface area contributed by atoms with Crippen LogP contribution in [-0.2, 0) is 27.2 Å². The molecule has 2 fully saturated rings. The van der Waals surface area contributed by atoms with E-state index < -0.39 is 23.3 Å². The van der Waals surface area contributed by atoms with Crippen LogP contribution in [0.5, 0.6) is 0 Å². The fourth-order valence-corrected chi connectivity index (χ4v) is 5.97. The smallest absolute Gasteiger partial charge is 0.411 e. The van der Waals surface area contributed by atoms with Crippen LogP contribution in [0.3, 0.4) is 0 Å². The Balaban J connectivity index is 1.26. The molecule has 3 amide bonds. The van der Waals surface area contributed by atoms with Gasteiger partial charge >= 0.3 is 6.09 Å². The zero-order valence-electron chi connectivity index (χ0n) is 22.4. The summed E-state index contributed by atoms with van der Waals surface area (Å²) in [6, 6.07) is 15.4. The van der Waals surface area contributed by atoms with E-state index in [0.717, 1.165) is 34.4 Å². The predicted octanol–water partition coefficient (Wildman–Crippen LogP) is 4.21. The van der Waals surface area contributed by atoms with Gasteiger partial charge in [0.1, 0.15) is 17.2 Å². The largest absolute Gasteiger partial charge is 0.444 e. The number of amides is 3. The highest BCUT2D eigenvalue weighted by Gasteiger charge is 2.58. The third kappa shape index (κ3) is 4.73. The second kappa shape index (κ2) is 9.46. The number of carbonyl (C=O) groups is 3. The average molecular weight is 515 g/mol. The van der Waals surface area contributed by atoms with Crippen molar-refractivity contribution in [2.45, 2.75) is 70.1 Å². The number of likely N-dealkylation sites (tertiary alicyclic amines) is 1. The number of nitriles is 1. The van der Waals surface area contributed by atoms with Gasteiger partial charge in [-0.05, 0) is 74.3 Å². The molecule has 2 bridgehead atoms. The van der Waals surface area contributed by atoms with Crippen LogP contribution in [0, 0.1) is 17.2 Å². The normalized spacial score (nSPS) is 22.7. The van der Waals surface area contributed by atoms with Gasteiger partial charge in [-0.2, -0.15) is 5.26 Å². The van der Waals surface area contributed by atoms with Crippen molar-refractivity contribution in [3.63, 3.8) is 0 Å². The Labute approximate surface area is 223 Å².